The van der Waals surface area contributed by atoms with Crippen LogP contribution in [0.3, 0.4) is 0 Å². The Hall–Kier alpha value is -7.30. The van der Waals surface area contributed by atoms with Crippen LogP contribution in [0.2, 0.25) is 0 Å². The second kappa shape index (κ2) is 14.8. The van der Waals surface area contributed by atoms with Crippen molar-refractivity contribution in [1.29, 1.82) is 0 Å². The number of fused-ring (bicyclic) bond motifs is 7. The lowest BCUT2D eigenvalue weighted by molar-refractivity contribution is 1.32. The Morgan fingerprint density at radius 3 is 1.74 bits per heavy atom. The number of hydrogen-bond acceptors (Lipinski definition) is 3. The van der Waals surface area contributed by atoms with E-state index < -0.39 is 0 Å². The minimum Gasteiger partial charge on any atom is -0.309 e. The normalized spacial score (nSPS) is 11.6. The van der Waals surface area contributed by atoms with Crippen LogP contribution in [0, 0.1) is 0 Å². The van der Waals surface area contributed by atoms with Gasteiger partial charge in [0.2, 0.25) is 0 Å². The molecule has 0 radical (unpaired) electrons. The van der Waals surface area contributed by atoms with Crippen LogP contribution in [0.4, 0.5) is 17.1 Å². The molecule has 0 aliphatic heterocycles. The molecule has 0 saturated heterocycles. The summed E-state index contributed by atoms with van der Waals surface area (Å²) in [5.74, 6) is 0. The zero-order valence-electron chi connectivity index (χ0n) is 33.1. The molecule has 12 rings (SSSR count). The molecule has 0 N–H and O–H groups in total. The highest BCUT2D eigenvalue weighted by Crippen LogP contribution is 2.51. The number of hydrogen-bond donors (Lipinski definition) is 0. The van der Waals surface area contributed by atoms with Crippen molar-refractivity contribution < 1.29 is 0 Å². The molecule has 0 aliphatic rings. The van der Waals surface area contributed by atoms with Crippen molar-refractivity contribution in [2.45, 2.75) is 0 Å². The smallest absolute Gasteiger partial charge is 0.0555 e. The van der Waals surface area contributed by atoms with Gasteiger partial charge in [0.15, 0.2) is 0 Å². The Morgan fingerprint density at radius 2 is 0.885 bits per heavy atom. The highest BCUT2D eigenvalue weighted by Gasteiger charge is 2.24. The molecule has 0 spiro atoms. The molecule has 12 aromatic rings. The summed E-state index contributed by atoms with van der Waals surface area (Å²) in [7, 11) is 0. The fourth-order valence-corrected chi connectivity index (χ4v) is 11.6. The second-order valence-electron chi connectivity index (χ2n) is 15.6. The number of benzene rings is 10. The lowest BCUT2D eigenvalue weighted by atomic mass is 9.95. The summed E-state index contributed by atoms with van der Waals surface area (Å²) < 4.78 is 5.15. The van der Waals surface area contributed by atoms with Crippen molar-refractivity contribution in [2.75, 3.05) is 4.90 Å². The SMILES string of the molecule is c1ccc(-c2ccc3c(c2)sc2cccc(N(c4ccc(-c5cccc(-c6cccc7ccccc67)c5)cc4)c4ccc(-c5ccccc5)c5sc6ccccc6c45)c23)cc1. The quantitative estimate of drug-likeness (QED) is 0.155. The maximum absolute atomic E-state index is 2.52. The van der Waals surface area contributed by atoms with Crippen molar-refractivity contribution >= 4 is 90.9 Å². The molecule has 0 saturated carbocycles. The molecule has 10 aromatic carbocycles. The summed E-state index contributed by atoms with van der Waals surface area (Å²) in [6.07, 6.45) is 0. The van der Waals surface area contributed by atoms with Crippen molar-refractivity contribution in [2.24, 2.45) is 0 Å². The van der Waals surface area contributed by atoms with E-state index in [0.29, 0.717) is 0 Å². The Balaban J connectivity index is 1.06. The monoisotopic (exact) mass is 811 g/mol. The third kappa shape index (κ3) is 6.13. The lowest BCUT2D eigenvalue weighted by Crippen LogP contribution is -2.11. The second-order valence-corrected chi connectivity index (χ2v) is 17.8. The first kappa shape index (κ1) is 35.6. The Kier molecular flexibility index (Phi) is 8.62. The molecule has 0 amide bonds. The van der Waals surface area contributed by atoms with Crippen LogP contribution in [0.15, 0.2) is 224 Å². The van der Waals surface area contributed by atoms with Gasteiger partial charge in [-0.2, -0.15) is 0 Å². The van der Waals surface area contributed by atoms with E-state index in [-0.39, 0.29) is 0 Å². The van der Waals surface area contributed by atoms with Gasteiger partial charge in [0, 0.05) is 46.0 Å². The molecule has 2 heterocycles. The van der Waals surface area contributed by atoms with E-state index in [1.165, 1.54) is 107 Å². The topological polar surface area (TPSA) is 3.24 Å². The highest BCUT2D eigenvalue weighted by atomic mass is 32.1. The molecule has 0 aliphatic carbocycles. The summed E-state index contributed by atoms with van der Waals surface area (Å²) in [4.78, 5) is 2.52. The third-order valence-electron chi connectivity index (χ3n) is 12.1. The van der Waals surface area contributed by atoms with E-state index in [4.69, 9.17) is 0 Å². The maximum Gasteiger partial charge on any atom is 0.0555 e. The van der Waals surface area contributed by atoms with Gasteiger partial charge >= 0.3 is 0 Å². The number of anilines is 3. The van der Waals surface area contributed by atoms with E-state index in [2.05, 4.69) is 229 Å². The number of nitrogens with zero attached hydrogens (tertiary/aromatic N) is 1. The molecule has 0 unspecified atom stereocenters. The molecule has 286 valence electrons. The number of rotatable bonds is 7. The minimum atomic E-state index is 1.12. The van der Waals surface area contributed by atoms with Gasteiger partial charge in [-0.15, -0.1) is 22.7 Å². The molecule has 2 aromatic heterocycles. The van der Waals surface area contributed by atoms with Gasteiger partial charge < -0.3 is 4.90 Å². The summed E-state index contributed by atoms with van der Waals surface area (Å²) in [5.41, 5.74) is 13.3. The van der Waals surface area contributed by atoms with Gasteiger partial charge in [0.05, 0.1) is 11.4 Å². The first-order valence-corrected chi connectivity index (χ1v) is 22.4. The van der Waals surface area contributed by atoms with Crippen molar-refractivity contribution in [3.05, 3.63) is 224 Å². The molecular weight excluding hydrogens is 775 g/mol. The third-order valence-corrected chi connectivity index (χ3v) is 14.4. The number of thiophene rings is 2. The van der Waals surface area contributed by atoms with Crippen LogP contribution in [0.5, 0.6) is 0 Å². The summed E-state index contributed by atoms with van der Waals surface area (Å²) in [5, 5.41) is 7.62. The van der Waals surface area contributed by atoms with Gasteiger partial charge in [-0.3, -0.25) is 0 Å². The summed E-state index contributed by atoms with van der Waals surface area (Å²) >= 11 is 3.76. The Bertz CT molecular complexity index is 3580. The summed E-state index contributed by atoms with van der Waals surface area (Å²) in [6, 6.07) is 82.3. The molecule has 61 heavy (non-hydrogen) atoms. The zero-order chi connectivity index (χ0) is 40.3. The van der Waals surface area contributed by atoms with E-state index >= 15 is 0 Å². The predicted molar refractivity (Wildman–Crippen MR) is 266 cm³/mol. The highest BCUT2D eigenvalue weighted by molar-refractivity contribution is 7.26. The molecule has 3 heteroatoms. The van der Waals surface area contributed by atoms with E-state index in [0.717, 1.165) is 5.69 Å². The van der Waals surface area contributed by atoms with Gasteiger partial charge in [-0.05, 0) is 104 Å². The van der Waals surface area contributed by atoms with Crippen molar-refractivity contribution in [3.8, 4) is 44.5 Å². The zero-order valence-corrected chi connectivity index (χ0v) is 34.8. The van der Waals surface area contributed by atoms with Crippen LogP contribution in [-0.4, -0.2) is 0 Å². The van der Waals surface area contributed by atoms with Gasteiger partial charge in [-0.1, -0.05) is 176 Å². The predicted octanol–water partition coefficient (Wildman–Crippen LogP) is 17.7. The van der Waals surface area contributed by atoms with Crippen LogP contribution in [0.1, 0.15) is 0 Å². The lowest BCUT2D eigenvalue weighted by Gasteiger charge is -2.28. The molecule has 1 nitrogen and oxygen atoms in total. The van der Waals surface area contributed by atoms with Crippen LogP contribution in [0.25, 0.3) is 95.6 Å². The van der Waals surface area contributed by atoms with Crippen LogP contribution in [-0.2, 0) is 0 Å². The Morgan fingerprint density at radius 1 is 0.295 bits per heavy atom. The van der Waals surface area contributed by atoms with Crippen molar-refractivity contribution in [1.82, 2.24) is 0 Å². The molecule has 0 bridgehead atoms. The molecule has 0 atom stereocenters. The van der Waals surface area contributed by atoms with E-state index in [1.54, 1.807) is 0 Å². The fraction of sp³-hybridized carbons (Fsp3) is 0. The summed E-state index contributed by atoms with van der Waals surface area (Å²) in [6.45, 7) is 0. The molecular formula is C58H37NS2. The van der Waals surface area contributed by atoms with E-state index in [1.807, 2.05) is 22.7 Å². The maximum atomic E-state index is 2.52. The van der Waals surface area contributed by atoms with Gasteiger partial charge in [-0.25, -0.2) is 0 Å². The van der Waals surface area contributed by atoms with Gasteiger partial charge in [0.1, 0.15) is 0 Å². The first-order chi connectivity index (χ1) is 30.2. The molecule has 0 fully saturated rings. The largest absolute Gasteiger partial charge is 0.309 e. The van der Waals surface area contributed by atoms with Crippen LogP contribution >= 0.6 is 22.7 Å². The fourth-order valence-electron chi connectivity index (χ4n) is 9.20. The van der Waals surface area contributed by atoms with Crippen LogP contribution < -0.4 is 4.90 Å². The first-order valence-electron chi connectivity index (χ1n) is 20.7. The Labute approximate surface area is 362 Å². The average molecular weight is 812 g/mol. The standard InChI is InChI=1S/C58H37NS2/c1-3-14-38(15-4-1)43-30-33-50-55(37-43)60-54-27-13-25-51(56(50)54)59(52-35-34-48(41-16-5-2-6-17-41)58-57(52)49-23-9-10-26-53(49)61-58)45-31-28-39(29-32-45)42-20-11-21-44(36-42)47-24-12-19-40-18-7-8-22-46(40)47/h1-37H. The van der Waals surface area contributed by atoms with E-state index in [9.17, 15) is 0 Å². The minimum absolute atomic E-state index is 1.12. The average Bonchev–Trinajstić information content (AvgIpc) is 3.92. The van der Waals surface area contributed by atoms with Crippen molar-refractivity contribution in [3.63, 3.8) is 0 Å². The van der Waals surface area contributed by atoms with Gasteiger partial charge in [0.25, 0.3) is 0 Å².